The molecule has 2 aromatic heterocycles. The van der Waals surface area contributed by atoms with Crippen LogP contribution in [-0.2, 0) is 16.2 Å². The van der Waals surface area contributed by atoms with Crippen molar-refractivity contribution >= 4 is 29.1 Å². The van der Waals surface area contributed by atoms with E-state index in [0.717, 1.165) is 0 Å². The fraction of sp³-hybridized carbons (Fsp3) is 0.105. The second kappa shape index (κ2) is 8.87. The molecule has 2 heterocycles. The van der Waals surface area contributed by atoms with Crippen molar-refractivity contribution in [2.24, 2.45) is 10.9 Å². The highest BCUT2D eigenvalue weighted by Crippen LogP contribution is 2.17. The van der Waals surface area contributed by atoms with Gasteiger partial charge in [0.1, 0.15) is 18.1 Å². The van der Waals surface area contributed by atoms with Crippen molar-refractivity contribution in [1.29, 1.82) is 0 Å². The van der Waals surface area contributed by atoms with Gasteiger partial charge in [-0.1, -0.05) is 11.2 Å². The number of methoxy groups -OCH3 is 1. The van der Waals surface area contributed by atoms with Gasteiger partial charge < -0.3 is 24.5 Å². The molecule has 0 amide bonds. The van der Waals surface area contributed by atoms with Crippen LogP contribution in [0.25, 0.3) is 0 Å². The molecule has 0 saturated heterocycles. The van der Waals surface area contributed by atoms with Crippen molar-refractivity contribution in [3.8, 4) is 5.75 Å². The number of ether oxygens (including phenoxy) is 2. The minimum Gasteiger partial charge on any atom is -0.486 e. The summed E-state index contributed by atoms with van der Waals surface area (Å²) in [7, 11) is 1.31. The molecule has 0 fully saturated rings. The molecule has 2 N–H and O–H groups in total. The van der Waals surface area contributed by atoms with Gasteiger partial charge >= 0.3 is 11.9 Å². The van der Waals surface area contributed by atoms with Gasteiger partial charge in [0, 0.05) is 0 Å². The Kier molecular flexibility index (Phi) is 6.07. The zero-order valence-electron chi connectivity index (χ0n) is 14.8. The highest BCUT2D eigenvalue weighted by Gasteiger charge is 2.14. The molecule has 0 unspecified atom stereocenters. The summed E-state index contributed by atoms with van der Waals surface area (Å²) in [5.41, 5.74) is 6.14. The first kappa shape index (κ1) is 19.2. The number of carbonyl (C=O) groups is 2. The van der Waals surface area contributed by atoms with Gasteiger partial charge in [-0.2, -0.15) is 0 Å². The quantitative estimate of drug-likeness (QED) is 0.213. The standard InChI is InChI=1S/C19H16N2O6S/c1-24-18(22)12-4-6-13(7-5-12)25-11-14-8-9-15(26-14)19(23)27-21-17(20)16-3-2-10-28-16/h2-10H,11H2,1H3,(H2,20,21). The number of esters is 1. The predicted molar refractivity (Wildman–Crippen MR) is 101 cm³/mol. The molecule has 0 saturated carbocycles. The lowest BCUT2D eigenvalue weighted by Gasteiger charge is -2.05. The van der Waals surface area contributed by atoms with E-state index in [1.165, 1.54) is 24.5 Å². The highest BCUT2D eigenvalue weighted by molar-refractivity contribution is 7.12. The summed E-state index contributed by atoms with van der Waals surface area (Å²) in [6.07, 6.45) is 0. The van der Waals surface area contributed by atoms with E-state index in [4.69, 9.17) is 19.7 Å². The van der Waals surface area contributed by atoms with Crippen LogP contribution in [-0.4, -0.2) is 24.9 Å². The summed E-state index contributed by atoms with van der Waals surface area (Å²) in [6.45, 7) is 0.0887. The van der Waals surface area contributed by atoms with Gasteiger partial charge in [-0.05, 0) is 47.8 Å². The molecule has 0 aliphatic rings. The number of furan rings is 1. The van der Waals surface area contributed by atoms with E-state index in [1.807, 2.05) is 11.4 Å². The lowest BCUT2D eigenvalue weighted by atomic mass is 10.2. The van der Waals surface area contributed by atoms with Crippen LogP contribution in [0.5, 0.6) is 5.75 Å². The van der Waals surface area contributed by atoms with Crippen LogP contribution in [0.1, 0.15) is 31.6 Å². The fourth-order valence-corrected chi connectivity index (χ4v) is 2.75. The second-order valence-corrected chi connectivity index (χ2v) is 6.35. The van der Waals surface area contributed by atoms with E-state index in [0.29, 0.717) is 22.0 Å². The number of hydrogen-bond acceptors (Lipinski definition) is 8. The first-order chi connectivity index (χ1) is 13.6. The molecule has 1 aromatic carbocycles. The average Bonchev–Trinajstić information content (AvgIpc) is 3.42. The molecule has 0 aliphatic heterocycles. The van der Waals surface area contributed by atoms with E-state index in [9.17, 15) is 9.59 Å². The molecule has 3 rings (SSSR count). The minimum absolute atomic E-state index is 0.0256. The summed E-state index contributed by atoms with van der Waals surface area (Å²) < 4.78 is 15.6. The molecule has 0 radical (unpaired) electrons. The van der Waals surface area contributed by atoms with E-state index in [1.54, 1.807) is 36.4 Å². The van der Waals surface area contributed by atoms with Crippen molar-refractivity contribution in [2.75, 3.05) is 7.11 Å². The van der Waals surface area contributed by atoms with Gasteiger partial charge in [-0.25, -0.2) is 9.59 Å². The lowest BCUT2D eigenvalue weighted by Crippen LogP contribution is -2.13. The normalized spacial score (nSPS) is 11.1. The Bertz CT molecular complexity index is 976. The number of nitrogens with two attached hydrogens (primary N) is 1. The number of amidine groups is 1. The molecule has 9 heteroatoms. The molecule has 0 spiro atoms. The number of carbonyl (C=O) groups excluding carboxylic acids is 2. The Morgan fingerprint density at radius 3 is 2.57 bits per heavy atom. The number of benzene rings is 1. The number of hydrogen-bond donors (Lipinski definition) is 1. The maximum Gasteiger partial charge on any atom is 0.400 e. The summed E-state index contributed by atoms with van der Waals surface area (Å²) >= 11 is 1.38. The Balaban J connectivity index is 1.54. The predicted octanol–water partition coefficient (Wildman–Crippen LogP) is 3.18. The molecule has 8 nitrogen and oxygen atoms in total. The molecular weight excluding hydrogens is 384 g/mol. The first-order valence-corrected chi connectivity index (χ1v) is 8.93. The smallest absolute Gasteiger partial charge is 0.400 e. The Morgan fingerprint density at radius 1 is 1.11 bits per heavy atom. The van der Waals surface area contributed by atoms with Crippen molar-refractivity contribution in [1.82, 2.24) is 0 Å². The van der Waals surface area contributed by atoms with Gasteiger partial charge in [-0.3, -0.25) is 0 Å². The van der Waals surface area contributed by atoms with Crippen molar-refractivity contribution < 1.29 is 28.3 Å². The van der Waals surface area contributed by atoms with Crippen molar-refractivity contribution in [3.05, 3.63) is 75.9 Å². The first-order valence-electron chi connectivity index (χ1n) is 8.05. The highest BCUT2D eigenvalue weighted by atomic mass is 32.1. The number of thiophene rings is 1. The van der Waals surface area contributed by atoms with Gasteiger partial charge in [0.15, 0.2) is 5.84 Å². The van der Waals surface area contributed by atoms with Gasteiger partial charge in [0.2, 0.25) is 5.76 Å². The van der Waals surface area contributed by atoms with Gasteiger partial charge in [-0.15, -0.1) is 11.3 Å². The lowest BCUT2D eigenvalue weighted by molar-refractivity contribution is 0.0475. The van der Waals surface area contributed by atoms with E-state index >= 15 is 0 Å². The summed E-state index contributed by atoms with van der Waals surface area (Å²) in [5.74, 6) is -0.173. The number of rotatable bonds is 7. The largest absolute Gasteiger partial charge is 0.486 e. The Labute approximate surface area is 164 Å². The fourth-order valence-electron chi connectivity index (χ4n) is 2.13. The van der Waals surface area contributed by atoms with Crippen LogP contribution in [0.15, 0.2) is 63.5 Å². The molecule has 0 bridgehead atoms. The summed E-state index contributed by atoms with van der Waals surface area (Å²) in [6, 6.07) is 13.1. The molecule has 3 aromatic rings. The van der Waals surface area contributed by atoms with Gasteiger partial charge in [0.25, 0.3) is 0 Å². The van der Waals surface area contributed by atoms with E-state index < -0.39 is 11.9 Å². The van der Waals surface area contributed by atoms with Crippen molar-refractivity contribution in [3.63, 3.8) is 0 Å². The average molecular weight is 400 g/mol. The van der Waals surface area contributed by atoms with Crippen LogP contribution in [0.2, 0.25) is 0 Å². The minimum atomic E-state index is -0.770. The summed E-state index contributed by atoms with van der Waals surface area (Å²) in [5, 5.41) is 5.44. The maximum absolute atomic E-state index is 12.0. The van der Waals surface area contributed by atoms with E-state index in [2.05, 4.69) is 9.89 Å². The Hall–Kier alpha value is -3.59. The molecule has 144 valence electrons. The van der Waals surface area contributed by atoms with Crippen LogP contribution in [0.3, 0.4) is 0 Å². The molecular formula is C19H16N2O6S. The Morgan fingerprint density at radius 2 is 1.89 bits per heavy atom. The van der Waals surface area contributed by atoms with Crippen molar-refractivity contribution in [2.45, 2.75) is 6.61 Å². The summed E-state index contributed by atoms with van der Waals surface area (Å²) in [4.78, 5) is 28.9. The number of oxime groups is 1. The van der Waals surface area contributed by atoms with Crippen LogP contribution in [0, 0.1) is 0 Å². The maximum atomic E-state index is 12.0. The number of nitrogens with zero attached hydrogens (tertiary/aromatic N) is 1. The monoisotopic (exact) mass is 400 g/mol. The van der Waals surface area contributed by atoms with Crippen LogP contribution in [0.4, 0.5) is 0 Å². The third-order valence-electron chi connectivity index (χ3n) is 3.52. The van der Waals surface area contributed by atoms with Gasteiger partial charge in [0.05, 0.1) is 17.6 Å². The van der Waals surface area contributed by atoms with Crippen LogP contribution >= 0.6 is 11.3 Å². The molecule has 28 heavy (non-hydrogen) atoms. The second-order valence-electron chi connectivity index (χ2n) is 5.40. The third kappa shape index (κ3) is 4.77. The van der Waals surface area contributed by atoms with E-state index in [-0.39, 0.29) is 18.2 Å². The third-order valence-corrected chi connectivity index (χ3v) is 4.41. The topological polar surface area (TPSA) is 113 Å². The molecule has 0 aliphatic carbocycles. The zero-order chi connectivity index (χ0) is 19.9. The zero-order valence-corrected chi connectivity index (χ0v) is 15.6. The van der Waals surface area contributed by atoms with Crippen LogP contribution < -0.4 is 10.5 Å². The molecule has 0 atom stereocenters. The SMILES string of the molecule is COC(=O)c1ccc(OCc2ccc(C(=O)O/N=C(\N)c3cccs3)o2)cc1.